The van der Waals surface area contributed by atoms with Gasteiger partial charge in [-0.3, -0.25) is 13.9 Å². The fraction of sp³-hybridized carbons (Fsp3) is 0.278. The van der Waals surface area contributed by atoms with Gasteiger partial charge in [-0.05, 0) is 60.9 Å². The number of nitrogens with one attached hydrogen (secondary N) is 1. The standard InChI is InChI=1S/C36H36Cl3N3O5S/c1-47-34-20-19-26(37)22-32(34)42(48(45,46)28-15-6-3-7-16-28)24-35(43)41(23-29-30(38)17-10-18-31(29)39)33(21-25-11-4-2-5-12-25)36(44)40-27-13-8-9-14-27/h2-7,10-12,15-20,22,27,33H,8-9,13-14,21,23-24H2,1H3,(H,40,44)/t33-/m0/s1. The number of nitrogens with zero attached hydrogens (tertiary/aromatic N) is 2. The third kappa shape index (κ3) is 8.44. The van der Waals surface area contributed by atoms with Crippen LogP contribution in [-0.2, 0) is 32.6 Å². The second-order valence-corrected chi connectivity index (χ2v) is 14.7. The molecule has 0 aliphatic heterocycles. The number of rotatable bonds is 13. The Labute approximate surface area is 296 Å². The SMILES string of the molecule is COc1ccc(Cl)cc1N(CC(=O)N(Cc1c(Cl)cccc1Cl)[C@@H](Cc1ccccc1)C(=O)NC1CCCC1)S(=O)(=O)c1ccccc1. The summed E-state index contributed by atoms with van der Waals surface area (Å²) in [4.78, 5) is 30.3. The van der Waals surface area contributed by atoms with Gasteiger partial charge in [0.05, 0.1) is 17.7 Å². The van der Waals surface area contributed by atoms with E-state index in [1.807, 2.05) is 30.3 Å². The minimum absolute atomic E-state index is 0.0256. The first-order valence-corrected chi connectivity index (χ1v) is 18.1. The summed E-state index contributed by atoms with van der Waals surface area (Å²) in [5, 5.41) is 4.00. The first-order valence-electron chi connectivity index (χ1n) is 15.6. The molecule has 1 saturated carbocycles. The van der Waals surface area contributed by atoms with Gasteiger partial charge in [0.1, 0.15) is 18.3 Å². The zero-order valence-corrected chi connectivity index (χ0v) is 29.4. The Morgan fingerprint density at radius 2 is 1.50 bits per heavy atom. The summed E-state index contributed by atoms with van der Waals surface area (Å²) in [5.41, 5.74) is 1.31. The summed E-state index contributed by atoms with van der Waals surface area (Å²) >= 11 is 19.6. The summed E-state index contributed by atoms with van der Waals surface area (Å²) in [7, 11) is -2.95. The highest BCUT2D eigenvalue weighted by Gasteiger charge is 2.37. The van der Waals surface area contributed by atoms with Crippen molar-refractivity contribution in [1.29, 1.82) is 0 Å². The van der Waals surface area contributed by atoms with Gasteiger partial charge in [-0.25, -0.2) is 8.42 Å². The van der Waals surface area contributed by atoms with Crippen molar-refractivity contribution < 1.29 is 22.7 Å². The minimum Gasteiger partial charge on any atom is -0.495 e. The van der Waals surface area contributed by atoms with Crippen LogP contribution in [0.1, 0.15) is 36.8 Å². The van der Waals surface area contributed by atoms with Crippen molar-refractivity contribution in [1.82, 2.24) is 10.2 Å². The van der Waals surface area contributed by atoms with Crippen LogP contribution in [0.3, 0.4) is 0 Å². The van der Waals surface area contributed by atoms with Crippen molar-refractivity contribution in [2.24, 2.45) is 0 Å². The number of methoxy groups -OCH3 is 1. The number of anilines is 1. The lowest BCUT2D eigenvalue weighted by Gasteiger charge is -2.35. The third-order valence-corrected chi connectivity index (χ3v) is 11.1. The summed E-state index contributed by atoms with van der Waals surface area (Å²) in [6.45, 7) is -0.836. The lowest BCUT2D eigenvalue weighted by atomic mass is 10.0. The number of carbonyl (C=O) groups is 2. The summed E-state index contributed by atoms with van der Waals surface area (Å²) in [6, 6.07) is 25.6. The monoisotopic (exact) mass is 727 g/mol. The van der Waals surface area contributed by atoms with Crippen LogP contribution in [-0.4, -0.2) is 50.9 Å². The normalized spacial score (nSPS) is 13.9. The molecule has 1 aliphatic rings. The van der Waals surface area contributed by atoms with E-state index in [0.29, 0.717) is 15.6 Å². The van der Waals surface area contributed by atoms with Crippen molar-refractivity contribution in [3.05, 3.63) is 123 Å². The number of sulfonamides is 1. The average molecular weight is 729 g/mol. The first-order chi connectivity index (χ1) is 23.1. The van der Waals surface area contributed by atoms with E-state index in [2.05, 4.69) is 5.32 Å². The number of carbonyl (C=O) groups excluding carboxylic acids is 2. The van der Waals surface area contributed by atoms with Crippen LogP contribution in [0, 0.1) is 0 Å². The zero-order valence-electron chi connectivity index (χ0n) is 26.3. The number of ether oxygens (including phenoxy) is 1. The van der Waals surface area contributed by atoms with Crippen molar-refractivity contribution in [2.45, 2.75) is 55.6 Å². The maximum atomic E-state index is 14.8. The molecular weight excluding hydrogens is 693 g/mol. The van der Waals surface area contributed by atoms with Gasteiger partial charge in [0.2, 0.25) is 11.8 Å². The first kappa shape index (κ1) is 35.5. The Morgan fingerprint density at radius 3 is 2.12 bits per heavy atom. The molecule has 1 aliphatic carbocycles. The van der Waals surface area contributed by atoms with E-state index in [9.17, 15) is 18.0 Å². The van der Waals surface area contributed by atoms with Crippen LogP contribution in [0.25, 0.3) is 0 Å². The predicted molar refractivity (Wildman–Crippen MR) is 190 cm³/mol. The Morgan fingerprint density at radius 1 is 0.875 bits per heavy atom. The van der Waals surface area contributed by atoms with Gasteiger partial charge < -0.3 is 15.0 Å². The molecule has 252 valence electrons. The minimum atomic E-state index is -4.35. The van der Waals surface area contributed by atoms with Gasteiger partial charge in [-0.15, -0.1) is 0 Å². The molecule has 4 aromatic carbocycles. The van der Waals surface area contributed by atoms with Gasteiger partial charge in [-0.1, -0.05) is 102 Å². The van der Waals surface area contributed by atoms with E-state index in [0.717, 1.165) is 35.6 Å². The van der Waals surface area contributed by atoms with Gasteiger partial charge in [0.25, 0.3) is 10.0 Å². The molecule has 0 aromatic heterocycles. The molecule has 0 unspecified atom stereocenters. The van der Waals surface area contributed by atoms with Crippen molar-refractivity contribution in [2.75, 3.05) is 18.0 Å². The van der Waals surface area contributed by atoms with Crippen LogP contribution in [0.15, 0.2) is 102 Å². The molecule has 48 heavy (non-hydrogen) atoms. The van der Waals surface area contributed by atoms with Crippen molar-refractivity contribution in [3.63, 3.8) is 0 Å². The molecule has 1 N–H and O–H groups in total. The van der Waals surface area contributed by atoms with E-state index in [4.69, 9.17) is 39.5 Å². The topological polar surface area (TPSA) is 96.0 Å². The van der Waals surface area contributed by atoms with Gasteiger partial charge in [0, 0.05) is 39.6 Å². The van der Waals surface area contributed by atoms with E-state index in [-0.39, 0.29) is 46.3 Å². The van der Waals surface area contributed by atoms with Crippen molar-refractivity contribution in [3.8, 4) is 5.75 Å². The molecule has 5 rings (SSSR count). The van der Waals surface area contributed by atoms with E-state index in [1.54, 1.807) is 42.5 Å². The molecule has 12 heteroatoms. The molecule has 0 heterocycles. The number of benzene rings is 4. The third-order valence-electron chi connectivity index (χ3n) is 8.38. The Bertz CT molecular complexity index is 1820. The smallest absolute Gasteiger partial charge is 0.264 e. The molecule has 1 fully saturated rings. The van der Waals surface area contributed by atoms with E-state index >= 15 is 0 Å². The zero-order chi connectivity index (χ0) is 34.3. The fourth-order valence-electron chi connectivity index (χ4n) is 5.87. The molecule has 0 radical (unpaired) electrons. The quantitative estimate of drug-likeness (QED) is 0.154. The highest BCUT2D eigenvalue weighted by molar-refractivity contribution is 7.92. The van der Waals surface area contributed by atoms with Crippen LogP contribution in [0.4, 0.5) is 5.69 Å². The Kier molecular flexibility index (Phi) is 11.9. The van der Waals surface area contributed by atoms with Crippen LogP contribution in [0.5, 0.6) is 5.75 Å². The molecule has 4 aromatic rings. The Balaban J connectivity index is 1.63. The predicted octanol–water partition coefficient (Wildman–Crippen LogP) is 7.55. The number of amides is 2. The van der Waals surface area contributed by atoms with Crippen LogP contribution in [0.2, 0.25) is 15.1 Å². The maximum Gasteiger partial charge on any atom is 0.264 e. The average Bonchev–Trinajstić information content (AvgIpc) is 3.60. The van der Waals surface area contributed by atoms with Crippen molar-refractivity contribution >= 4 is 62.3 Å². The Hall–Kier alpha value is -3.76. The molecular formula is C36H36Cl3N3O5S. The summed E-state index contributed by atoms with van der Waals surface area (Å²) < 4.78 is 35.1. The summed E-state index contributed by atoms with van der Waals surface area (Å²) in [5.74, 6) is -0.817. The van der Waals surface area contributed by atoms with Gasteiger partial charge in [0.15, 0.2) is 0 Å². The number of halogens is 3. The van der Waals surface area contributed by atoms with E-state index in [1.165, 1.54) is 36.3 Å². The maximum absolute atomic E-state index is 14.8. The second-order valence-electron chi connectivity index (χ2n) is 11.6. The van der Waals surface area contributed by atoms with Crippen LogP contribution < -0.4 is 14.4 Å². The van der Waals surface area contributed by atoms with Gasteiger partial charge >= 0.3 is 0 Å². The molecule has 0 spiro atoms. The summed E-state index contributed by atoms with van der Waals surface area (Å²) in [6.07, 6.45) is 3.84. The largest absolute Gasteiger partial charge is 0.495 e. The van der Waals surface area contributed by atoms with E-state index < -0.39 is 28.5 Å². The highest BCUT2D eigenvalue weighted by Crippen LogP contribution is 2.35. The molecule has 2 amide bonds. The second kappa shape index (κ2) is 16.1. The molecule has 1 atom stereocenters. The fourth-order valence-corrected chi connectivity index (χ4v) is 7.99. The lowest BCUT2D eigenvalue weighted by molar-refractivity contribution is -0.140. The highest BCUT2D eigenvalue weighted by atomic mass is 35.5. The molecule has 0 bridgehead atoms. The van der Waals surface area contributed by atoms with Crippen LogP contribution >= 0.6 is 34.8 Å². The molecule has 0 saturated heterocycles. The number of hydrogen-bond donors (Lipinski definition) is 1. The molecule has 8 nitrogen and oxygen atoms in total. The number of hydrogen-bond acceptors (Lipinski definition) is 5. The lowest BCUT2D eigenvalue weighted by Crippen LogP contribution is -2.54. The van der Waals surface area contributed by atoms with Gasteiger partial charge in [-0.2, -0.15) is 0 Å².